The van der Waals surface area contributed by atoms with Gasteiger partial charge in [-0.25, -0.2) is 4.98 Å². The number of aromatic nitrogens is 1. The SMILES string of the molecule is Cc1cccc(C#Cc2cc(C#N)cc(C(C)(C)C)c2)n1. The van der Waals surface area contributed by atoms with Crippen molar-refractivity contribution in [1.29, 1.82) is 5.26 Å². The van der Waals surface area contributed by atoms with Crippen LogP contribution in [0.3, 0.4) is 0 Å². The third-order valence-corrected chi connectivity index (χ3v) is 3.15. The minimum absolute atomic E-state index is 0.00905. The van der Waals surface area contributed by atoms with E-state index < -0.39 is 0 Å². The Hall–Kier alpha value is -2.58. The molecule has 0 spiro atoms. The van der Waals surface area contributed by atoms with Gasteiger partial charge in [-0.15, -0.1) is 0 Å². The molecule has 2 aromatic rings. The summed E-state index contributed by atoms with van der Waals surface area (Å²) in [6, 6.07) is 13.8. The van der Waals surface area contributed by atoms with E-state index in [1.807, 2.05) is 43.3 Å². The van der Waals surface area contributed by atoms with Crippen molar-refractivity contribution in [2.75, 3.05) is 0 Å². The van der Waals surface area contributed by atoms with E-state index >= 15 is 0 Å². The number of benzene rings is 1. The van der Waals surface area contributed by atoms with Gasteiger partial charge in [-0.3, -0.25) is 0 Å². The Morgan fingerprint density at radius 3 is 2.33 bits per heavy atom. The Morgan fingerprint density at radius 1 is 1.00 bits per heavy atom. The van der Waals surface area contributed by atoms with Crippen LogP contribution in [0, 0.1) is 30.1 Å². The van der Waals surface area contributed by atoms with Crippen molar-refractivity contribution in [3.05, 3.63) is 64.5 Å². The second-order valence-corrected chi connectivity index (χ2v) is 6.08. The van der Waals surface area contributed by atoms with Crippen LogP contribution in [-0.4, -0.2) is 4.98 Å². The number of nitriles is 1. The minimum atomic E-state index is -0.00905. The molecule has 0 N–H and O–H groups in total. The molecule has 104 valence electrons. The molecule has 0 bridgehead atoms. The van der Waals surface area contributed by atoms with Gasteiger partial charge in [0.15, 0.2) is 0 Å². The van der Waals surface area contributed by atoms with E-state index in [4.69, 9.17) is 5.26 Å². The molecule has 1 aromatic heterocycles. The molecule has 0 atom stereocenters. The molecule has 0 aliphatic carbocycles. The predicted molar refractivity (Wildman–Crippen MR) is 84.8 cm³/mol. The molecule has 1 aromatic carbocycles. The first-order valence-corrected chi connectivity index (χ1v) is 6.90. The summed E-state index contributed by atoms with van der Waals surface area (Å²) in [5.74, 6) is 6.17. The van der Waals surface area contributed by atoms with Crippen LogP contribution < -0.4 is 0 Å². The van der Waals surface area contributed by atoms with Crippen molar-refractivity contribution in [3.63, 3.8) is 0 Å². The van der Waals surface area contributed by atoms with E-state index in [1.165, 1.54) is 0 Å². The number of hydrogen-bond donors (Lipinski definition) is 0. The number of hydrogen-bond acceptors (Lipinski definition) is 2. The lowest BCUT2D eigenvalue weighted by atomic mass is 9.85. The van der Waals surface area contributed by atoms with Gasteiger partial charge in [0.25, 0.3) is 0 Å². The molecular formula is C19H18N2. The standard InChI is InChI=1S/C19H18N2/c1-14-6-5-7-18(21-14)9-8-15-10-16(13-20)12-17(11-15)19(2,3)4/h5-7,10-12H,1-4H3. The Balaban J connectivity index is 2.44. The molecule has 0 radical (unpaired) electrons. The van der Waals surface area contributed by atoms with Crippen LogP contribution in [0.15, 0.2) is 36.4 Å². The summed E-state index contributed by atoms with van der Waals surface area (Å²) in [4.78, 5) is 4.36. The van der Waals surface area contributed by atoms with Gasteiger partial charge in [0.05, 0.1) is 11.6 Å². The summed E-state index contributed by atoms with van der Waals surface area (Å²) >= 11 is 0. The lowest BCUT2D eigenvalue weighted by Crippen LogP contribution is -2.11. The maximum atomic E-state index is 9.16. The lowest BCUT2D eigenvalue weighted by molar-refractivity contribution is 0.590. The molecule has 2 nitrogen and oxygen atoms in total. The van der Waals surface area contributed by atoms with E-state index in [0.717, 1.165) is 22.5 Å². The molecule has 21 heavy (non-hydrogen) atoms. The summed E-state index contributed by atoms with van der Waals surface area (Å²) in [5, 5.41) is 9.16. The largest absolute Gasteiger partial charge is 0.245 e. The van der Waals surface area contributed by atoms with Crippen molar-refractivity contribution >= 4 is 0 Å². The van der Waals surface area contributed by atoms with Crippen LogP contribution in [-0.2, 0) is 5.41 Å². The topological polar surface area (TPSA) is 36.7 Å². The summed E-state index contributed by atoms with van der Waals surface area (Å²) in [7, 11) is 0. The van der Waals surface area contributed by atoms with Gasteiger partial charge in [-0.05, 0) is 54.2 Å². The molecule has 0 aliphatic heterocycles. The maximum Gasteiger partial charge on any atom is 0.113 e. The zero-order valence-electron chi connectivity index (χ0n) is 12.9. The Morgan fingerprint density at radius 2 is 1.71 bits per heavy atom. The lowest BCUT2D eigenvalue weighted by Gasteiger charge is -2.19. The first kappa shape index (κ1) is 14.8. The highest BCUT2D eigenvalue weighted by Crippen LogP contribution is 2.24. The van der Waals surface area contributed by atoms with Crippen molar-refractivity contribution in [2.45, 2.75) is 33.1 Å². The average Bonchev–Trinajstić information content (AvgIpc) is 2.44. The number of nitrogens with zero attached hydrogens (tertiary/aromatic N) is 2. The van der Waals surface area contributed by atoms with Gasteiger partial charge in [-0.2, -0.15) is 5.26 Å². The number of rotatable bonds is 0. The summed E-state index contributed by atoms with van der Waals surface area (Å²) < 4.78 is 0. The second kappa shape index (κ2) is 5.81. The number of aryl methyl sites for hydroxylation is 1. The van der Waals surface area contributed by atoms with Gasteiger partial charge < -0.3 is 0 Å². The van der Waals surface area contributed by atoms with E-state index in [0.29, 0.717) is 5.56 Å². The predicted octanol–water partition coefficient (Wildman–Crippen LogP) is 3.96. The molecular weight excluding hydrogens is 256 g/mol. The highest BCUT2D eigenvalue weighted by atomic mass is 14.7. The Labute approximate surface area is 126 Å². The average molecular weight is 274 g/mol. The molecule has 0 saturated carbocycles. The molecule has 0 fully saturated rings. The van der Waals surface area contributed by atoms with Crippen LogP contribution in [0.1, 0.15) is 48.8 Å². The quantitative estimate of drug-likeness (QED) is 0.682. The smallest absolute Gasteiger partial charge is 0.113 e. The first-order valence-electron chi connectivity index (χ1n) is 6.90. The molecule has 0 unspecified atom stereocenters. The normalized spacial score (nSPS) is 10.4. The van der Waals surface area contributed by atoms with Gasteiger partial charge in [-0.1, -0.05) is 32.8 Å². The van der Waals surface area contributed by atoms with Crippen LogP contribution in [0.5, 0.6) is 0 Å². The fourth-order valence-corrected chi connectivity index (χ4v) is 1.95. The monoisotopic (exact) mass is 274 g/mol. The zero-order chi connectivity index (χ0) is 15.5. The molecule has 0 saturated heterocycles. The maximum absolute atomic E-state index is 9.16. The zero-order valence-corrected chi connectivity index (χ0v) is 12.9. The van der Waals surface area contributed by atoms with E-state index in [9.17, 15) is 0 Å². The summed E-state index contributed by atoms with van der Waals surface area (Å²) in [6.07, 6.45) is 0. The Kier molecular flexibility index (Phi) is 4.10. The van der Waals surface area contributed by atoms with Gasteiger partial charge in [0.1, 0.15) is 5.69 Å². The van der Waals surface area contributed by atoms with Crippen molar-refractivity contribution in [2.24, 2.45) is 0 Å². The van der Waals surface area contributed by atoms with Crippen LogP contribution in [0.4, 0.5) is 0 Å². The number of pyridine rings is 1. The highest BCUT2D eigenvalue weighted by molar-refractivity contribution is 5.48. The fourth-order valence-electron chi connectivity index (χ4n) is 1.95. The van der Waals surface area contributed by atoms with Gasteiger partial charge in [0, 0.05) is 11.3 Å². The molecule has 1 heterocycles. The molecule has 2 rings (SSSR count). The van der Waals surface area contributed by atoms with Crippen molar-refractivity contribution in [3.8, 4) is 17.9 Å². The summed E-state index contributed by atoms with van der Waals surface area (Å²) in [6.45, 7) is 8.33. The fraction of sp³-hybridized carbons (Fsp3) is 0.263. The minimum Gasteiger partial charge on any atom is -0.245 e. The third kappa shape index (κ3) is 3.94. The molecule has 2 heteroatoms. The highest BCUT2D eigenvalue weighted by Gasteiger charge is 2.14. The first-order chi connectivity index (χ1) is 9.88. The molecule has 0 aliphatic rings. The third-order valence-electron chi connectivity index (χ3n) is 3.15. The van der Waals surface area contributed by atoms with Gasteiger partial charge >= 0.3 is 0 Å². The van der Waals surface area contributed by atoms with Crippen molar-refractivity contribution in [1.82, 2.24) is 4.98 Å². The Bertz CT molecular complexity index is 763. The van der Waals surface area contributed by atoms with E-state index in [1.54, 1.807) is 0 Å². The van der Waals surface area contributed by atoms with E-state index in [-0.39, 0.29) is 5.41 Å². The van der Waals surface area contributed by atoms with Crippen LogP contribution in [0.2, 0.25) is 0 Å². The second-order valence-electron chi connectivity index (χ2n) is 6.08. The van der Waals surface area contributed by atoms with E-state index in [2.05, 4.69) is 43.7 Å². The van der Waals surface area contributed by atoms with Gasteiger partial charge in [0.2, 0.25) is 0 Å². The summed E-state index contributed by atoms with van der Waals surface area (Å²) in [5.41, 5.74) is 4.29. The van der Waals surface area contributed by atoms with Crippen LogP contribution >= 0.6 is 0 Å². The van der Waals surface area contributed by atoms with Crippen molar-refractivity contribution < 1.29 is 0 Å². The van der Waals surface area contributed by atoms with Crippen LogP contribution in [0.25, 0.3) is 0 Å². The molecule has 0 amide bonds.